The van der Waals surface area contributed by atoms with Gasteiger partial charge in [-0.3, -0.25) is 4.79 Å². The van der Waals surface area contributed by atoms with Crippen molar-refractivity contribution in [2.75, 3.05) is 0 Å². The van der Waals surface area contributed by atoms with E-state index in [4.69, 9.17) is 0 Å². The summed E-state index contributed by atoms with van der Waals surface area (Å²) in [7, 11) is 0. The Balaban J connectivity index is 1.73. The second-order valence-electron chi connectivity index (χ2n) is 5.03. The van der Waals surface area contributed by atoms with Crippen LogP contribution in [0.4, 0.5) is 0 Å². The zero-order valence-corrected chi connectivity index (χ0v) is 14.4. The van der Waals surface area contributed by atoms with Crippen molar-refractivity contribution in [1.82, 2.24) is 19.9 Å². The standard InChI is InChI=1S/C16H16N4OS2/c1-3-12-14(23-20-19-12)15(21)17-10(2)16-18-13(9-22-16)11-7-5-4-6-8-11/h4-10H,3H2,1-2H3,(H,17,21)/t10-/m1/s1. The van der Waals surface area contributed by atoms with Gasteiger partial charge in [-0.05, 0) is 24.9 Å². The minimum Gasteiger partial charge on any atom is -0.342 e. The molecule has 0 aliphatic rings. The molecule has 1 atom stereocenters. The van der Waals surface area contributed by atoms with E-state index in [0.717, 1.165) is 33.5 Å². The van der Waals surface area contributed by atoms with E-state index in [0.29, 0.717) is 11.3 Å². The molecule has 3 rings (SSSR count). The van der Waals surface area contributed by atoms with E-state index >= 15 is 0 Å². The number of thiazole rings is 1. The normalized spacial score (nSPS) is 12.1. The van der Waals surface area contributed by atoms with Crippen molar-refractivity contribution in [3.05, 3.63) is 51.3 Å². The molecule has 0 saturated heterocycles. The predicted octanol–water partition coefficient (Wildman–Crippen LogP) is 3.72. The van der Waals surface area contributed by atoms with Crippen LogP contribution < -0.4 is 5.32 Å². The number of aromatic nitrogens is 3. The van der Waals surface area contributed by atoms with Gasteiger partial charge in [0.2, 0.25) is 0 Å². The summed E-state index contributed by atoms with van der Waals surface area (Å²) in [5, 5.41) is 9.85. The zero-order valence-electron chi connectivity index (χ0n) is 12.8. The first kappa shape index (κ1) is 15.8. The Morgan fingerprint density at radius 1 is 1.30 bits per heavy atom. The average Bonchev–Trinajstić information content (AvgIpc) is 3.24. The maximum atomic E-state index is 12.3. The van der Waals surface area contributed by atoms with Gasteiger partial charge < -0.3 is 5.32 Å². The maximum absolute atomic E-state index is 12.3. The molecule has 5 nitrogen and oxygen atoms in total. The largest absolute Gasteiger partial charge is 0.342 e. The summed E-state index contributed by atoms with van der Waals surface area (Å²) in [5.74, 6) is -0.138. The molecule has 0 radical (unpaired) electrons. The number of hydrogen-bond acceptors (Lipinski definition) is 6. The molecule has 0 saturated carbocycles. The lowest BCUT2D eigenvalue weighted by molar-refractivity contribution is 0.0943. The number of nitrogens with one attached hydrogen (secondary N) is 1. The highest BCUT2D eigenvalue weighted by Crippen LogP contribution is 2.25. The van der Waals surface area contributed by atoms with E-state index in [1.165, 1.54) is 0 Å². The van der Waals surface area contributed by atoms with Crippen LogP contribution in [0.2, 0.25) is 0 Å². The second kappa shape index (κ2) is 6.97. The molecular formula is C16H16N4OS2. The van der Waals surface area contributed by atoms with Gasteiger partial charge in [-0.1, -0.05) is 41.7 Å². The summed E-state index contributed by atoms with van der Waals surface area (Å²) in [6.45, 7) is 3.90. The minimum absolute atomic E-state index is 0.138. The molecule has 0 aliphatic heterocycles. The van der Waals surface area contributed by atoms with Crippen molar-refractivity contribution in [1.29, 1.82) is 0 Å². The van der Waals surface area contributed by atoms with Crippen molar-refractivity contribution in [3.63, 3.8) is 0 Å². The van der Waals surface area contributed by atoms with E-state index in [2.05, 4.69) is 19.9 Å². The molecule has 3 aromatic rings. The van der Waals surface area contributed by atoms with Crippen LogP contribution in [0.3, 0.4) is 0 Å². The first-order valence-corrected chi connectivity index (χ1v) is 8.97. The molecule has 1 N–H and O–H groups in total. The molecule has 2 heterocycles. The van der Waals surface area contributed by atoms with E-state index in [1.807, 2.05) is 49.6 Å². The molecule has 0 bridgehead atoms. The van der Waals surface area contributed by atoms with Crippen LogP contribution in [0.1, 0.15) is 40.3 Å². The third-order valence-electron chi connectivity index (χ3n) is 3.41. The Hall–Kier alpha value is -2.12. The highest BCUT2D eigenvalue weighted by Gasteiger charge is 2.19. The monoisotopic (exact) mass is 344 g/mol. The van der Waals surface area contributed by atoms with Gasteiger partial charge >= 0.3 is 0 Å². The van der Waals surface area contributed by atoms with Gasteiger partial charge in [0.15, 0.2) is 0 Å². The summed E-state index contributed by atoms with van der Waals surface area (Å²) in [6.07, 6.45) is 0.697. The van der Waals surface area contributed by atoms with Gasteiger partial charge in [0.25, 0.3) is 5.91 Å². The Labute approximate surface area is 142 Å². The molecule has 118 valence electrons. The number of carbonyl (C=O) groups excluding carboxylic acids is 1. The number of rotatable bonds is 5. The van der Waals surface area contributed by atoms with Gasteiger partial charge in [-0.25, -0.2) is 4.98 Å². The quantitative estimate of drug-likeness (QED) is 0.766. The van der Waals surface area contributed by atoms with Crippen LogP contribution in [0.15, 0.2) is 35.7 Å². The van der Waals surface area contributed by atoms with E-state index in [1.54, 1.807) is 11.3 Å². The van der Waals surface area contributed by atoms with E-state index < -0.39 is 0 Å². The number of benzene rings is 1. The summed E-state index contributed by atoms with van der Waals surface area (Å²) in [5.41, 5.74) is 2.75. The van der Waals surface area contributed by atoms with Crippen molar-refractivity contribution < 1.29 is 4.79 Å². The maximum Gasteiger partial charge on any atom is 0.265 e. The first-order chi connectivity index (χ1) is 11.2. The zero-order chi connectivity index (χ0) is 16.2. The predicted molar refractivity (Wildman–Crippen MR) is 92.7 cm³/mol. The second-order valence-corrected chi connectivity index (χ2v) is 6.68. The summed E-state index contributed by atoms with van der Waals surface area (Å²) >= 11 is 2.68. The van der Waals surface area contributed by atoms with Gasteiger partial charge in [-0.15, -0.1) is 16.4 Å². The third kappa shape index (κ3) is 3.46. The lowest BCUT2D eigenvalue weighted by Gasteiger charge is -2.10. The highest BCUT2D eigenvalue weighted by atomic mass is 32.1. The number of nitrogens with zero attached hydrogens (tertiary/aromatic N) is 3. The molecule has 1 aromatic carbocycles. The van der Waals surface area contributed by atoms with Crippen LogP contribution in [0, 0.1) is 0 Å². The Kier molecular flexibility index (Phi) is 4.78. The van der Waals surface area contributed by atoms with Crippen molar-refractivity contribution >= 4 is 28.8 Å². The Morgan fingerprint density at radius 3 is 2.83 bits per heavy atom. The number of hydrogen-bond donors (Lipinski definition) is 1. The van der Waals surface area contributed by atoms with Gasteiger partial charge in [0.1, 0.15) is 9.88 Å². The van der Waals surface area contributed by atoms with E-state index in [9.17, 15) is 4.79 Å². The lowest BCUT2D eigenvalue weighted by Crippen LogP contribution is -2.26. The summed E-state index contributed by atoms with van der Waals surface area (Å²) in [6, 6.07) is 9.85. The molecule has 0 fully saturated rings. The molecule has 2 aromatic heterocycles. The molecule has 7 heteroatoms. The van der Waals surface area contributed by atoms with Crippen LogP contribution in [0.25, 0.3) is 11.3 Å². The number of aryl methyl sites for hydroxylation is 1. The minimum atomic E-state index is -0.156. The Morgan fingerprint density at radius 2 is 2.09 bits per heavy atom. The van der Waals surface area contributed by atoms with Crippen LogP contribution in [-0.2, 0) is 6.42 Å². The molecule has 1 amide bonds. The van der Waals surface area contributed by atoms with Gasteiger partial charge in [-0.2, -0.15) is 0 Å². The van der Waals surface area contributed by atoms with Crippen molar-refractivity contribution in [3.8, 4) is 11.3 Å². The first-order valence-electron chi connectivity index (χ1n) is 7.32. The molecule has 0 aliphatic carbocycles. The molecule has 0 unspecified atom stereocenters. The molecular weight excluding hydrogens is 328 g/mol. The van der Waals surface area contributed by atoms with Crippen molar-refractivity contribution in [2.45, 2.75) is 26.3 Å². The average molecular weight is 344 g/mol. The molecule has 23 heavy (non-hydrogen) atoms. The number of amides is 1. The highest BCUT2D eigenvalue weighted by molar-refractivity contribution is 7.10. The Bertz CT molecular complexity index is 797. The van der Waals surface area contributed by atoms with Crippen molar-refractivity contribution in [2.24, 2.45) is 0 Å². The number of carbonyl (C=O) groups is 1. The summed E-state index contributed by atoms with van der Waals surface area (Å²) in [4.78, 5) is 17.6. The van der Waals surface area contributed by atoms with Gasteiger partial charge in [0, 0.05) is 10.9 Å². The van der Waals surface area contributed by atoms with Crippen LogP contribution >= 0.6 is 22.9 Å². The van der Waals surface area contributed by atoms with Crippen LogP contribution in [0.5, 0.6) is 0 Å². The lowest BCUT2D eigenvalue weighted by atomic mass is 10.2. The van der Waals surface area contributed by atoms with Crippen LogP contribution in [-0.4, -0.2) is 20.5 Å². The molecule has 0 spiro atoms. The SMILES string of the molecule is CCc1nnsc1C(=O)N[C@H](C)c1nc(-c2ccccc2)cs1. The third-order valence-corrected chi connectivity index (χ3v) is 5.20. The van der Waals surface area contributed by atoms with E-state index in [-0.39, 0.29) is 11.9 Å². The fourth-order valence-electron chi connectivity index (χ4n) is 2.16. The fourth-order valence-corrected chi connectivity index (χ4v) is 3.65. The van der Waals surface area contributed by atoms with Gasteiger partial charge in [0.05, 0.1) is 17.4 Å². The summed E-state index contributed by atoms with van der Waals surface area (Å²) < 4.78 is 3.86. The fraction of sp³-hybridized carbons (Fsp3) is 0.250. The topological polar surface area (TPSA) is 67.8 Å². The smallest absolute Gasteiger partial charge is 0.265 e.